The number of rotatable bonds is 6. The highest BCUT2D eigenvalue weighted by Crippen LogP contribution is 2.10. The van der Waals surface area contributed by atoms with Crippen molar-refractivity contribution in [2.75, 3.05) is 17.4 Å². The maximum atomic E-state index is 12.1. The second kappa shape index (κ2) is 6.67. The van der Waals surface area contributed by atoms with Crippen molar-refractivity contribution >= 4 is 21.6 Å². The highest BCUT2D eigenvalue weighted by molar-refractivity contribution is 7.90. The van der Waals surface area contributed by atoms with E-state index in [4.69, 9.17) is 5.84 Å². The van der Waals surface area contributed by atoms with E-state index in [-0.39, 0.29) is 11.7 Å². The Labute approximate surface area is 118 Å². The first-order valence-corrected chi connectivity index (χ1v) is 8.27. The quantitative estimate of drug-likeness (QED) is 0.507. The molecule has 1 atom stereocenters. The van der Waals surface area contributed by atoms with Gasteiger partial charge in [-0.15, -0.1) is 0 Å². The van der Waals surface area contributed by atoms with E-state index in [9.17, 15) is 13.2 Å². The molecule has 1 heterocycles. The Bertz CT molecular complexity index is 564. The molecule has 1 unspecified atom stereocenters. The molecule has 1 amide bonds. The number of pyridine rings is 1. The number of anilines is 1. The lowest BCUT2D eigenvalue weighted by atomic mass is 10.1. The molecule has 0 saturated heterocycles. The van der Waals surface area contributed by atoms with Gasteiger partial charge in [-0.05, 0) is 25.5 Å². The molecular weight excluding hydrogens is 280 g/mol. The van der Waals surface area contributed by atoms with Crippen LogP contribution in [0.25, 0.3) is 0 Å². The van der Waals surface area contributed by atoms with Crippen LogP contribution in [0.3, 0.4) is 0 Å². The zero-order chi connectivity index (χ0) is 15.3. The maximum Gasteiger partial charge on any atom is 0.251 e. The fourth-order valence-corrected chi connectivity index (χ4v) is 2.77. The van der Waals surface area contributed by atoms with E-state index < -0.39 is 15.9 Å². The third kappa shape index (κ3) is 5.14. The van der Waals surface area contributed by atoms with Gasteiger partial charge in [-0.2, -0.15) is 0 Å². The van der Waals surface area contributed by atoms with Gasteiger partial charge < -0.3 is 10.7 Å². The average Bonchev–Trinajstić information content (AvgIpc) is 2.35. The van der Waals surface area contributed by atoms with Crippen molar-refractivity contribution < 1.29 is 13.2 Å². The smallest absolute Gasteiger partial charge is 0.251 e. The SMILES string of the molecule is CCc1cc(C(=O)NC(C)CS(C)(=O)=O)cc(NN)n1. The van der Waals surface area contributed by atoms with E-state index in [1.54, 1.807) is 13.0 Å². The van der Waals surface area contributed by atoms with E-state index in [1.165, 1.54) is 6.07 Å². The summed E-state index contributed by atoms with van der Waals surface area (Å²) in [6, 6.07) is 2.70. The summed E-state index contributed by atoms with van der Waals surface area (Å²) in [6.07, 6.45) is 1.79. The Morgan fingerprint density at radius 2 is 2.10 bits per heavy atom. The molecule has 0 spiro atoms. The van der Waals surface area contributed by atoms with Crippen molar-refractivity contribution in [1.29, 1.82) is 0 Å². The van der Waals surface area contributed by atoms with Crippen molar-refractivity contribution in [3.05, 3.63) is 23.4 Å². The predicted octanol–water partition coefficient (Wildman–Crippen LogP) is 0.0925. The fourth-order valence-electron chi connectivity index (χ4n) is 1.78. The van der Waals surface area contributed by atoms with E-state index in [2.05, 4.69) is 15.7 Å². The normalized spacial score (nSPS) is 12.8. The first-order valence-electron chi connectivity index (χ1n) is 6.21. The molecule has 7 nitrogen and oxygen atoms in total. The highest BCUT2D eigenvalue weighted by Gasteiger charge is 2.15. The zero-order valence-corrected chi connectivity index (χ0v) is 12.6. The number of carbonyl (C=O) groups is 1. The number of hydrogen-bond acceptors (Lipinski definition) is 6. The van der Waals surface area contributed by atoms with E-state index in [1.807, 2.05) is 6.92 Å². The van der Waals surface area contributed by atoms with Crippen LogP contribution in [0.15, 0.2) is 12.1 Å². The number of hydrogen-bond donors (Lipinski definition) is 3. The minimum atomic E-state index is -3.14. The van der Waals surface area contributed by atoms with Gasteiger partial charge in [0.15, 0.2) is 0 Å². The van der Waals surface area contributed by atoms with Gasteiger partial charge in [-0.1, -0.05) is 6.92 Å². The molecular formula is C12H20N4O3S. The number of aromatic nitrogens is 1. The first-order chi connectivity index (χ1) is 9.25. The molecule has 0 aliphatic heterocycles. The van der Waals surface area contributed by atoms with Crippen LogP contribution in [0, 0.1) is 0 Å². The molecule has 8 heteroatoms. The maximum absolute atomic E-state index is 12.1. The van der Waals surface area contributed by atoms with E-state index in [0.717, 1.165) is 11.9 Å². The Morgan fingerprint density at radius 3 is 2.60 bits per heavy atom. The molecule has 0 saturated carbocycles. The molecule has 112 valence electrons. The van der Waals surface area contributed by atoms with Gasteiger partial charge in [0.1, 0.15) is 15.7 Å². The summed E-state index contributed by atoms with van der Waals surface area (Å²) >= 11 is 0. The third-order valence-corrected chi connectivity index (χ3v) is 3.69. The minimum Gasteiger partial charge on any atom is -0.349 e. The van der Waals surface area contributed by atoms with Crippen LogP contribution < -0.4 is 16.6 Å². The molecule has 1 rings (SSSR count). The summed E-state index contributed by atoms with van der Waals surface area (Å²) in [7, 11) is -3.14. The first kappa shape index (κ1) is 16.4. The fraction of sp³-hybridized carbons (Fsp3) is 0.500. The predicted molar refractivity (Wildman–Crippen MR) is 78.1 cm³/mol. The van der Waals surface area contributed by atoms with Crippen molar-refractivity contribution in [3.63, 3.8) is 0 Å². The second-order valence-electron chi connectivity index (χ2n) is 4.70. The number of aryl methyl sites for hydroxylation is 1. The Morgan fingerprint density at radius 1 is 1.45 bits per heavy atom. The van der Waals surface area contributed by atoms with E-state index >= 15 is 0 Å². The summed E-state index contributed by atoms with van der Waals surface area (Å²) < 4.78 is 22.3. The number of nitrogens with one attached hydrogen (secondary N) is 2. The lowest BCUT2D eigenvalue weighted by molar-refractivity contribution is 0.0943. The second-order valence-corrected chi connectivity index (χ2v) is 6.88. The van der Waals surface area contributed by atoms with Gasteiger partial charge in [-0.25, -0.2) is 19.2 Å². The monoisotopic (exact) mass is 300 g/mol. The summed E-state index contributed by atoms with van der Waals surface area (Å²) in [5, 5.41) is 2.64. The topological polar surface area (TPSA) is 114 Å². The van der Waals surface area contributed by atoms with Crippen molar-refractivity contribution in [2.24, 2.45) is 5.84 Å². The molecule has 0 aliphatic rings. The summed E-state index contributed by atoms with van der Waals surface area (Å²) in [4.78, 5) is 16.3. The molecule has 1 aromatic heterocycles. The lowest BCUT2D eigenvalue weighted by Crippen LogP contribution is -2.37. The summed E-state index contributed by atoms with van der Waals surface area (Å²) in [5.74, 6) is 5.24. The number of sulfone groups is 1. The standard InChI is InChI=1S/C12H20N4O3S/c1-4-10-5-9(6-11(15-10)16-13)12(17)14-8(2)7-20(3,18)19/h5-6,8H,4,7,13H2,1-3H3,(H,14,17)(H,15,16). The molecule has 0 radical (unpaired) electrons. The molecule has 0 fully saturated rings. The number of carbonyl (C=O) groups excluding carboxylic acids is 1. The van der Waals surface area contributed by atoms with Crippen LogP contribution in [0.5, 0.6) is 0 Å². The van der Waals surface area contributed by atoms with Crippen LogP contribution in [-0.2, 0) is 16.3 Å². The van der Waals surface area contributed by atoms with Crippen LogP contribution in [0.2, 0.25) is 0 Å². The Kier molecular flexibility index (Phi) is 5.46. The van der Waals surface area contributed by atoms with Gasteiger partial charge in [0.2, 0.25) is 0 Å². The van der Waals surface area contributed by atoms with Crippen LogP contribution >= 0.6 is 0 Å². The lowest BCUT2D eigenvalue weighted by Gasteiger charge is -2.13. The van der Waals surface area contributed by atoms with Gasteiger partial charge in [0.25, 0.3) is 5.91 Å². The highest BCUT2D eigenvalue weighted by atomic mass is 32.2. The third-order valence-electron chi connectivity index (χ3n) is 2.58. The van der Waals surface area contributed by atoms with Gasteiger partial charge in [-0.3, -0.25) is 4.79 Å². The minimum absolute atomic E-state index is 0.105. The largest absolute Gasteiger partial charge is 0.349 e. The molecule has 0 aromatic carbocycles. The number of amides is 1. The van der Waals surface area contributed by atoms with Crippen molar-refractivity contribution in [3.8, 4) is 0 Å². The van der Waals surface area contributed by atoms with Gasteiger partial charge >= 0.3 is 0 Å². The number of nitrogen functional groups attached to an aromatic ring is 1. The van der Waals surface area contributed by atoms with Crippen molar-refractivity contribution in [2.45, 2.75) is 26.3 Å². The molecule has 4 N–H and O–H groups in total. The number of nitrogens with zero attached hydrogens (tertiary/aromatic N) is 1. The van der Waals surface area contributed by atoms with Gasteiger partial charge in [0, 0.05) is 23.6 Å². The summed E-state index contributed by atoms with van der Waals surface area (Å²) in [6.45, 7) is 3.56. The van der Waals surface area contributed by atoms with Crippen molar-refractivity contribution in [1.82, 2.24) is 10.3 Å². The number of hydrazine groups is 1. The zero-order valence-electron chi connectivity index (χ0n) is 11.8. The van der Waals surface area contributed by atoms with Gasteiger partial charge in [0.05, 0.1) is 5.75 Å². The van der Waals surface area contributed by atoms with Crippen LogP contribution in [0.1, 0.15) is 29.9 Å². The molecule has 20 heavy (non-hydrogen) atoms. The Balaban J connectivity index is 2.86. The van der Waals surface area contributed by atoms with E-state index in [0.29, 0.717) is 17.8 Å². The van der Waals surface area contributed by atoms with Crippen LogP contribution in [0.4, 0.5) is 5.82 Å². The average molecular weight is 300 g/mol. The Hall–Kier alpha value is -1.67. The van der Waals surface area contributed by atoms with Crippen LogP contribution in [-0.4, -0.2) is 37.4 Å². The molecule has 0 bridgehead atoms. The molecule has 0 aliphatic carbocycles. The summed E-state index contributed by atoms with van der Waals surface area (Å²) in [5.41, 5.74) is 3.52. The molecule has 1 aromatic rings. The number of nitrogens with two attached hydrogens (primary N) is 1.